The van der Waals surface area contributed by atoms with Crippen molar-refractivity contribution < 1.29 is 9.18 Å². The molecule has 0 aliphatic heterocycles. The summed E-state index contributed by atoms with van der Waals surface area (Å²) >= 11 is 0. The van der Waals surface area contributed by atoms with E-state index < -0.39 is 0 Å². The molecule has 94 valence electrons. The van der Waals surface area contributed by atoms with Crippen LogP contribution in [0.3, 0.4) is 0 Å². The lowest BCUT2D eigenvalue weighted by Crippen LogP contribution is -1.99. The molecule has 0 aliphatic carbocycles. The summed E-state index contributed by atoms with van der Waals surface area (Å²) < 4.78 is 15.4. The van der Waals surface area contributed by atoms with Crippen molar-refractivity contribution in [3.05, 3.63) is 71.6 Å². The molecule has 4 heteroatoms. The van der Waals surface area contributed by atoms with Gasteiger partial charge in [0.05, 0.1) is 11.7 Å². The van der Waals surface area contributed by atoms with Gasteiger partial charge in [-0.2, -0.15) is 0 Å². The van der Waals surface area contributed by atoms with Crippen LogP contribution in [0.2, 0.25) is 0 Å². The van der Waals surface area contributed by atoms with Gasteiger partial charge in [0.25, 0.3) is 0 Å². The molecule has 0 N–H and O–H groups in total. The zero-order chi connectivity index (χ0) is 13.2. The minimum Gasteiger partial charge on any atom is -0.303 e. The lowest BCUT2D eigenvalue weighted by molar-refractivity contribution is 0.112. The van der Waals surface area contributed by atoms with Gasteiger partial charge in [-0.15, -0.1) is 0 Å². The monoisotopic (exact) mass is 254 g/mol. The first-order valence-electron chi connectivity index (χ1n) is 5.92. The van der Waals surface area contributed by atoms with Gasteiger partial charge in [-0.25, -0.2) is 9.37 Å². The smallest absolute Gasteiger partial charge is 0.151 e. The van der Waals surface area contributed by atoms with Crippen molar-refractivity contribution in [3.8, 4) is 0 Å². The van der Waals surface area contributed by atoms with Gasteiger partial charge in [0.2, 0.25) is 0 Å². The van der Waals surface area contributed by atoms with Gasteiger partial charge < -0.3 is 4.40 Å². The van der Waals surface area contributed by atoms with E-state index in [2.05, 4.69) is 4.98 Å². The number of benzene rings is 1. The second-order valence-electron chi connectivity index (χ2n) is 4.32. The van der Waals surface area contributed by atoms with E-state index in [0.717, 1.165) is 11.8 Å². The summed E-state index contributed by atoms with van der Waals surface area (Å²) in [7, 11) is 0. The number of nitrogens with zero attached hydrogens (tertiary/aromatic N) is 2. The third kappa shape index (κ3) is 2.12. The molecular weight excluding hydrogens is 243 g/mol. The van der Waals surface area contributed by atoms with Crippen molar-refractivity contribution >= 4 is 11.8 Å². The van der Waals surface area contributed by atoms with Crippen LogP contribution in [0.25, 0.3) is 5.52 Å². The molecule has 0 saturated carbocycles. The number of aromatic nitrogens is 2. The largest absolute Gasteiger partial charge is 0.303 e. The maximum absolute atomic E-state index is 13.6. The molecule has 2 heterocycles. The normalized spacial score (nSPS) is 10.8. The van der Waals surface area contributed by atoms with Crippen molar-refractivity contribution in [3.63, 3.8) is 0 Å². The van der Waals surface area contributed by atoms with Crippen LogP contribution in [0.4, 0.5) is 4.39 Å². The van der Waals surface area contributed by atoms with Gasteiger partial charge in [-0.1, -0.05) is 18.2 Å². The van der Waals surface area contributed by atoms with Crippen LogP contribution in [-0.2, 0) is 6.42 Å². The third-order valence-corrected chi connectivity index (χ3v) is 3.07. The lowest BCUT2D eigenvalue weighted by atomic mass is 10.1. The number of hydrogen-bond donors (Lipinski definition) is 0. The summed E-state index contributed by atoms with van der Waals surface area (Å²) in [5, 5.41) is 0. The number of rotatable bonds is 3. The molecule has 3 rings (SSSR count). The van der Waals surface area contributed by atoms with Gasteiger partial charge in [-0.3, -0.25) is 4.79 Å². The Labute approximate surface area is 109 Å². The van der Waals surface area contributed by atoms with Crippen LogP contribution in [0.1, 0.15) is 21.7 Å². The average Bonchev–Trinajstić information content (AvgIpc) is 2.84. The van der Waals surface area contributed by atoms with E-state index in [4.69, 9.17) is 0 Å². The molecule has 0 atom stereocenters. The van der Waals surface area contributed by atoms with Gasteiger partial charge in [-0.05, 0) is 23.8 Å². The number of carbonyl (C=O) groups is 1. The molecule has 0 amide bonds. The fourth-order valence-corrected chi connectivity index (χ4v) is 2.07. The van der Waals surface area contributed by atoms with E-state index in [1.165, 1.54) is 6.07 Å². The molecule has 3 nitrogen and oxygen atoms in total. The Balaban J connectivity index is 2.06. The predicted molar refractivity (Wildman–Crippen MR) is 69.8 cm³/mol. The summed E-state index contributed by atoms with van der Waals surface area (Å²) in [5.74, 6) is 0.467. The lowest BCUT2D eigenvalue weighted by Gasteiger charge is -2.03. The maximum Gasteiger partial charge on any atom is 0.151 e. The summed E-state index contributed by atoms with van der Waals surface area (Å²) in [4.78, 5) is 15.1. The molecule has 2 aromatic heterocycles. The van der Waals surface area contributed by atoms with Crippen molar-refractivity contribution in [1.82, 2.24) is 9.38 Å². The fourth-order valence-electron chi connectivity index (χ4n) is 2.07. The number of halogens is 1. The van der Waals surface area contributed by atoms with Crippen LogP contribution in [0, 0.1) is 5.82 Å². The Kier molecular flexibility index (Phi) is 2.83. The van der Waals surface area contributed by atoms with E-state index in [0.29, 0.717) is 23.4 Å². The third-order valence-electron chi connectivity index (χ3n) is 3.07. The highest BCUT2D eigenvalue weighted by molar-refractivity contribution is 5.75. The minimum atomic E-state index is -0.245. The molecule has 0 unspecified atom stereocenters. The quantitative estimate of drug-likeness (QED) is 0.673. The molecule has 19 heavy (non-hydrogen) atoms. The second-order valence-corrected chi connectivity index (χ2v) is 4.32. The van der Waals surface area contributed by atoms with Crippen molar-refractivity contribution in [2.45, 2.75) is 6.42 Å². The van der Waals surface area contributed by atoms with E-state index in [-0.39, 0.29) is 5.82 Å². The van der Waals surface area contributed by atoms with E-state index in [1.54, 1.807) is 36.7 Å². The summed E-state index contributed by atoms with van der Waals surface area (Å²) in [6.45, 7) is 0. The molecular formula is C15H11FN2O. The standard InChI is InChI=1S/C15H11FN2O/c16-14-4-2-1-3-12(14)7-15-17-8-13-6-5-11(10-19)9-18(13)15/h1-6,8-10H,7H2. The van der Waals surface area contributed by atoms with Crippen LogP contribution in [-0.4, -0.2) is 15.7 Å². The summed E-state index contributed by atoms with van der Waals surface area (Å²) in [5.41, 5.74) is 2.05. The first kappa shape index (κ1) is 11.6. The Morgan fingerprint density at radius 2 is 2.05 bits per heavy atom. The van der Waals surface area contributed by atoms with Gasteiger partial charge >= 0.3 is 0 Å². The molecule has 0 bridgehead atoms. The van der Waals surface area contributed by atoms with Gasteiger partial charge in [0.1, 0.15) is 11.6 Å². The van der Waals surface area contributed by atoms with E-state index in [1.807, 2.05) is 10.5 Å². The van der Waals surface area contributed by atoms with Crippen molar-refractivity contribution in [2.75, 3.05) is 0 Å². The Morgan fingerprint density at radius 3 is 2.84 bits per heavy atom. The molecule has 0 radical (unpaired) electrons. The highest BCUT2D eigenvalue weighted by Crippen LogP contribution is 2.15. The van der Waals surface area contributed by atoms with Crippen molar-refractivity contribution in [2.24, 2.45) is 0 Å². The van der Waals surface area contributed by atoms with E-state index >= 15 is 0 Å². The van der Waals surface area contributed by atoms with Crippen LogP contribution in [0.15, 0.2) is 48.8 Å². The molecule has 0 spiro atoms. The van der Waals surface area contributed by atoms with Crippen LogP contribution < -0.4 is 0 Å². The number of fused-ring (bicyclic) bond motifs is 1. The fraction of sp³-hybridized carbons (Fsp3) is 0.0667. The number of carbonyl (C=O) groups excluding carboxylic acids is 1. The molecule has 1 aromatic carbocycles. The molecule has 3 aromatic rings. The second kappa shape index (κ2) is 4.65. The molecule has 0 fully saturated rings. The molecule has 0 aliphatic rings. The van der Waals surface area contributed by atoms with Gasteiger partial charge in [0.15, 0.2) is 6.29 Å². The van der Waals surface area contributed by atoms with Crippen LogP contribution in [0.5, 0.6) is 0 Å². The Morgan fingerprint density at radius 1 is 1.21 bits per heavy atom. The number of aldehydes is 1. The zero-order valence-corrected chi connectivity index (χ0v) is 10.1. The summed E-state index contributed by atoms with van der Waals surface area (Å²) in [6.07, 6.45) is 4.60. The first-order chi connectivity index (χ1) is 9.28. The molecule has 0 saturated heterocycles. The minimum absolute atomic E-state index is 0.245. The number of imidazole rings is 1. The van der Waals surface area contributed by atoms with E-state index in [9.17, 15) is 9.18 Å². The maximum atomic E-state index is 13.6. The highest BCUT2D eigenvalue weighted by atomic mass is 19.1. The number of hydrogen-bond acceptors (Lipinski definition) is 2. The predicted octanol–water partition coefficient (Wildman–Crippen LogP) is 2.88. The average molecular weight is 254 g/mol. The topological polar surface area (TPSA) is 34.4 Å². The Bertz CT molecular complexity index is 749. The highest BCUT2D eigenvalue weighted by Gasteiger charge is 2.08. The van der Waals surface area contributed by atoms with Gasteiger partial charge in [0, 0.05) is 18.2 Å². The van der Waals surface area contributed by atoms with Crippen LogP contribution >= 0.6 is 0 Å². The SMILES string of the molecule is O=Cc1ccc2cnc(Cc3ccccc3F)n2c1. The summed E-state index contributed by atoms with van der Waals surface area (Å²) in [6, 6.07) is 10.2. The van der Waals surface area contributed by atoms with Crippen molar-refractivity contribution in [1.29, 1.82) is 0 Å². The number of pyridine rings is 1. The zero-order valence-electron chi connectivity index (χ0n) is 10.1. The first-order valence-corrected chi connectivity index (χ1v) is 5.92. The Hall–Kier alpha value is -2.49.